The van der Waals surface area contributed by atoms with Crippen LogP contribution in [-0.2, 0) is 14.3 Å². The smallest absolute Gasteiger partial charge is 0.323 e. The van der Waals surface area contributed by atoms with Crippen molar-refractivity contribution in [3.05, 3.63) is 23.8 Å². The molecular formula is C17H21NO6. The summed E-state index contributed by atoms with van der Waals surface area (Å²) in [4.78, 5) is 24.9. The fraction of sp³-hybridized carbons (Fsp3) is 0.529. The molecule has 1 heterocycles. The first-order chi connectivity index (χ1) is 11.6. The second-order valence-corrected chi connectivity index (χ2v) is 6.00. The number of hydrogen-bond acceptors (Lipinski definition) is 5. The summed E-state index contributed by atoms with van der Waals surface area (Å²) in [5.41, 5.74) is 1.03. The van der Waals surface area contributed by atoms with Gasteiger partial charge in [0.2, 0.25) is 5.91 Å². The Bertz CT molecular complexity index is 632. The molecule has 130 valence electrons. The van der Waals surface area contributed by atoms with E-state index in [9.17, 15) is 9.59 Å². The van der Waals surface area contributed by atoms with E-state index in [2.05, 4.69) is 0 Å². The number of methoxy groups -OCH3 is 1. The summed E-state index contributed by atoms with van der Waals surface area (Å²) >= 11 is 0. The van der Waals surface area contributed by atoms with Gasteiger partial charge in [0.25, 0.3) is 0 Å². The van der Waals surface area contributed by atoms with Crippen molar-refractivity contribution in [2.75, 3.05) is 40.0 Å². The summed E-state index contributed by atoms with van der Waals surface area (Å²) in [7, 11) is 1.53. The van der Waals surface area contributed by atoms with E-state index < -0.39 is 5.97 Å². The minimum Gasteiger partial charge on any atom is -0.486 e. The Morgan fingerprint density at radius 2 is 2.04 bits per heavy atom. The van der Waals surface area contributed by atoms with Crippen LogP contribution in [0.3, 0.4) is 0 Å². The Morgan fingerprint density at radius 3 is 2.75 bits per heavy atom. The van der Waals surface area contributed by atoms with Crippen LogP contribution in [0.2, 0.25) is 0 Å². The van der Waals surface area contributed by atoms with Crippen LogP contribution >= 0.6 is 0 Å². The van der Waals surface area contributed by atoms with Gasteiger partial charge in [-0.05, 0) is 30.0 Å². The standard InChI is InChI=1S/C17H21NO6/c1-22-5-4-18(10-16(19)20)17(21)13-9-12(13)11-2-3-14-15(8-11)24-7-6-23-14/h2-3,8,12-13H,4-7,9-10H2,1H3,(H,19,20)/t12-,13-/m0/s1. The highest BCUT2D eigenvalue weighted by Gasteiger charge is 2.46. The first-order valence-electron chi connectivity index (χ1n) is 7.99. The van der Waals surface area contributed by atoms with Crippen molar-refractivity contribution >= 4 is 11.9 Å². The highest BCUT2D eigenvalue weighted by atomic mass is 16.6. The normalized spacial score (nSPS) is 21.2. The molecule has 7 nitrogen and oxygen atoms in total. The maximum atomic E-state index is 12.6. The molecule has 0 unspecified atom stereocenters. The van der Waals surface area contributed by atoms with Gasteiger partial charge in [0.1, 0.15) is 19.8 Å². The molecule has 1 fully saturated rings. The molecule has 24 heavy (non-hydrogen) atoms. The van der Waals surface area contributed by atoms with Gasteiger partial charge in [-0.1, -0.05) is 6.07 Å². The molecule has 0 bridgehead atoms. The molecule has 1 saturated carbocycles. The van der Waals surface area contributed by atoms with Gasteiger partial charge < -0.3 is 24.2 Å². The van der Waals surface area contributed by atoms with Crippen molar-refractivity contribution in [1.82, 2.24) is 4.90 Å². The molecule has 2 aliphatic rings. The lowest BCUT2D eigenvalue weighted by atomic mass is 10.1. The minimum atomic E-state index is -1.02. The van der Waals surface area contributed by atoms with Crippen LogP contribution in [0.5, 0.6) is 11.5 Å². The van der Waals surface area contributed by atoms with Gasteiger partial charge in [0.15, 0.2) is 11.5 Å². The second-order valence-electron chi connectivity index (χ2n) is 6.00. The van der Waals surface area contributed by atoms with E-state index in [0.29, 0.717) is 25.6 Å². The molecule has 1 aromatic carbocycles. The van der Waals surface area contributed by atoms with Gasteiger partial charge >= 0.3 is 5.97 Å². The average molecular weight is 335 g/mol. The van der Waals surface area contributed by atoms with Crippen LogP contribution in [0.4, 0.5) is 0 Å². The lowest BCUT2D eigenvalue weighted by Crippen LogP contribution is -2.39. The van der Waals surface area contributed by atoms with E-state index >= 15 is 0 Å². The number of ether oxygens (including phenoxy) is 3. The summed E-state index contributed by atoms with van der Waals surface area (Å²) in [5.74, 6) is 0.209. The zero-order valence-corrected chi connectivity index (χ0v) is 13.6. The number of rotatable bonds is 7. The quantitative estimate of drug-likeness (QED) is 0.804. The number of aliphatic carboxylic acids is 1. The number of carboxylic acid groups (broad SMARTS) is 1. The number of hydrogen-bond donors (Lipinski definition) is 1. The average Bonchev–Trinajstić information content (AvgIpc) is 3.38. The zero-order valence-electron chi connectivity index (χ0n) is 13.6. The fourth-order valence-corrected chi connectivity index (χ4v) is 2.99. The Balaban J connectivity index is 1.66. The summed E-state index contributed by atoms with van der Waals surface area (Å²) in [5, 5.41) is 8.98. The third-order valence-electron chi connectivity index (χ3n) is 4.31. The van der Waals surface area contributed by atoms with Crippen molar-refractivity contribution in [3.63, 3.8) is 0 Å². The monoisotopic (exact) mass is 335 g/mol. The van der Waals surface area contributed by atoms with Gasteiger partial charge in [0, 0.05) is 19.6 Å². The van der Waals surface area contributed by atoms with Gasteiger partial charge in [-0.25, -0.2) is 0 Å². The van der Waals surface area contributed by atoms with Gasteiger partial charge in [-0.2, -0.15) is 0 Å². The van der Waals surface area contributed by atoms with E-state index in [0.717, 1.165) is 17.7 Å². The van der Waals surface area contributed by atoms with Crippen molar-refractivity contribution < 1.29 is 28.9 Å². The number of carbonyl (C=O) groups is 2. The number of carboxylic acids is 1. The van der Waals surface area contributed by atoms with Crippen molar-refractivity contribution in [2.45, 2.75) is 12.3 Å². The van der Waals surface area contributed by atoms with Gasteiger partial charge in [0.05, 0.1) is 6.61 Å². The Labute approximate surface area is 140 Å². The molecule has 0 aromatic heterocycles. The molecule has 2 atom stereocenters. The minimum absolute atomic E-state index is 0.104. The van der Waals surface area contributed by atoms with Crippen LogP contribution in [0.25, 0.3) is 0 Å². The van der Waals surface area contributed by atoms with Gasteiger partial charge in [-0.3, -0.25) is 9.59 Å². The largest absolute Gasteiger partial charge is 0.486 e. The predicted molar refractivity (Wildman–Crippen MR) is 84.4 cm³/mol. The summed E-state index contributed by atoms with van der Waals surface area (Å²) in [6.45, 7) is 1.37. The molecule has 0 radical (unpaired) electrons. The Kier molecular flexibility index (Phi) is 4.89. The van der Waals surface area contributed by atoms with Gasteiger partial charge in [-0.15, -0.1) is 0 Å². The molecule has 0 saturated heterocycles. The zero-order chi connectivity index (χ0) is 17.1. The van der Waals surface area contributed by atoms with E-state index in [-0.39, 0.29) is 30.8 Å². The third kappa shape index (κ3) is 3.62. The first-order valence-corrected chi connectivity index (χ1v) is 7.99. The molecule has 1 aliphatic carbocycles. The first kappa shape index (κ1) is 16.6. The van der Waals surface area contributed by atoms with Crippen LogP contribution in [0.15, 0.2) is 18.2 Å². The number of fused-ring (bicyclic) bond motifs is 1. The highest BCUT2D eigenvalue weighted by Crippen LogP contribution is 2.50. The molecule has 1 N–H and O–H groups in total. The molecular weight excluding hydrogens is 314 g/mol. The number of nitrogens with zero attached hydrogens (tertiary/aromatic N) is 1. The molecule has 1 aromatic rings. The Morgan fingerprint density at radius 1 is 1.29 bits per heavy atom. The molecule has 1 aliphatic heterocycles. The molecule has 7 heteroatoms. The van der Waals surface area contributed by atoms with Crippen LogP contribution in [0.1, 0.15) is 17.9 Å². The van der Waals surface area contributed by atoms with Crippen LogP contribution in [0, 0.1) is 5.92 Å². The van der Waals surface area contributed by atoms with E-state index in [1.165, 1.54) is 12.0 Å². The lowest BCUT2D eigenvalue weighted by Gasteiger charge is -2.21. The number of benzene rings is 1. The molecule has 3 rings (SSSR count). The number of carbonyl (C=O) groups excluding carboxylic acids is 1. The maximum absolute atomic E-state index is 12.6. The summed E-state index contributed by atoms with van der Waals surface area (Å²) in [6, 6.07) is 5.73. The van der Waals surface area contributed by atoms with E-state index in [1.54, 1.807) is 0 Å². The third-order valence-corrected chi connectivity index (χ3v) is 4.31. The second kappa shape index (κ2) is 7.09. The molecule has 1 amide bonds. The maximum Gasteiger partial charge on any atom is 0.323 e. The van der Waals surface area contributed by atoms with Crippen LogP contribution < -0.4 is 9.47 Å². The van der Waals surface area contributed by atoms with Crippen molar-refractivity contribution in [2.24, 2.45) is 5.92 Å². The molecule has 0 spiro atoms. The summed E-state index contributed by atoms with van der Waals surface area (Å²) < 4.78 is 16.0. The van der Waals surface area contributed by atoms with E-state index in [4.69, 9.17) is 19.3 Å². The van der Waals surface area contributed by atoms with Crippen LogP contribution in [-0.4, -0.2) is 61.9 Å². The fourth-order valence-electron chi connectivity index (χ4n) is 2.99. The Hall–Kier alpha value is -2.28. The van der Waals surface area contributed by atoms with E-state index in [1.807, 2.05) is 18.2 Å². The highest BCUT2D eigenvalue weighted by molar-refractivity contribution is 5.86. The topological polar surface area (TPSA) is 85.3 Å². The number of amides is 1. The lowest BCUT2D eigenvalue weighted by molar-refractivity contribution is -0.145. The SMILES string of the molecule is COCCN(CC(=O)O)C(=O)[C@H]1C[C@H]1c1ccc2c(c1)OCCO2. The van der Waals surface area contributed by atoms with Crippen molar-refractivity contribution in [1.29, 1.82) is 0 Å². The predicted octanol–water partition coefficient (Wildman–Crippen LogP) is 1.12. The van der Waals surface area contributed by atoms with Crippen molar-refractivity contribution in [3.8, 4) is 11.5 Å². The summed E-state index contributed by atoms with van der Waals surface area (Å²) in [6.07, 6.45) is 0.724.